The predicted octanol–water partition coefficient (Wildman–Crippen LogP) is 3.20. The monoisotopic (exact) mass is 257 g/mol. The van der Waals surface area contributed by atoms with Crippen LogP contribution in [0.4, 0.5) is 5.95 Å². The summed E-state index contributed by atoms with van der Waals surface area (Å²) in [6, 6.07) is 4.16. The number of nitrogens with one attached hydrogen (secondary N) is 1. The highest BCUT2D eigenvalue weighted by molar-refractivity contribution is 5.68. The van der Waals surface area contributed by atoms with Crippen molar-refractivity contribution in [3.05, 3.63) is 35.7 Å². The van der Waals surface area contributed by atoms with Gasteiger partial charge in [0.15, 0.2) is 0 Å². The Morgan fingerprint density at radius 2 is 1.79 bits per heavy atom. The van der Waals surface area contributed by atoms with Gasteiger partial charge < -0.3 is 10.1 Å². The van der Waals surface area contributed by atoms with Gasteiger partial charge in [-0.15, -0.1) is 0 Å². The fraction of sp³-hybridized carbons (Fsp3) is 0.333. The Morgan fingerprint density at radius 1 is 1.11 bits per heavy atom. The summed E-state index contributed by atoms with van der Waals surface area (Å²) in [6.07, 6.45) is 3.69. The Balaban J connectivity index is 2.38. The highest BCUT2D eigenvalue weighted by atomic mass is 16.5. The van der Waals surface area contributed by atoms with Crippen molar-refractivity contribution in [1.29, 1.82) is 0 Å². The van der Waals surface area contributed by atoms with Gasteiger partial charge in [-0.1, -0.05) is 0 Å². The van der Waals surface area contributed by atoms with Gasteiger partial charge in [-0.25, -0.2) is 9.97 Å². The number of anilines is 1. The van der Waals surface area contributed by atoms with Crippen LogP contribution in [0.25, 0.3) is 11.1 Å². The van der Waals surface area contributed by atoms with Crippen molar-refractivity contribution in [3.63, 3.8) is 0 Å². The average Bonchev–Trinajstić information content (AvgIpc) is 2.42. The van der Waals surface area contributed by atoms with Crippen molar-refractivity contribution in [1.82, 2.24) is 9.97 Å². The van der Waals surface area contributed by atoms with Gasteiger partial charge in [0, 0.05) is 24.5 Å². The van der Waals surface area contributed by atoms with Crippen molar-refractivity contribution in [2.24, 2.45) is 0 Å². The first-order chi connectivity index (χ1) is 9.15. The number of aromatic nitrogens is 2. The van der Waals surface area contributed by atoms with Gasteiger partial charge in [0.1, 0.15) is 5.75 Å². The molecule has 2 aromatic rings. The molecule has 0 amide bonds. The molecule has 0 aliphatic carbocycles. The first kappa shape index (κ1) is 13.3. The zero-order valence-corrected chi connectivity index (χ0v) is 11.8. The zero-order chi connectivity index (χ0) is 13.8. The van der Waals surface area contributed by atoms with Crippen molar-refractivity contribution in [2.75, 3.05) is 19.0 Å². The van der Waals surface area contributed by atoms with E-state index >= 15 is 0 Å². The third-order valence-corrected chi connectivity index (χ3v) is 3.04. The maximum Gasteiger partial charge on any atom is 0.222 e. The number of ether oxygens (including phenoxy) is 1. The lowest BCUT2D eigenvalue weighted by atomic mass is 10.00. The molecular weight excluding hydrogens is 238 g/mol. The van der Waals surface area contributed by atoms with E-state index in [-0.39, 0.29) is 0 Å². The number of aryl methyl sites for hydroxylation is 2. The molecule has 1 aromatic heterocycles. The summed E-state index contributed by atoms with van der Waals surface area (Å²) in [4.78, 5) is 8.61. The summed E-state index contributed by atoms with van der Waals surface area (Å²) < 4.78 is 5.33. The summed E-state index contributed by atoms with van der Waals surface area (Å²) >= 11 is 0. The summed E-state index contributed by atoms with van der Waals surface area (Å²) in [5, 5.41) is 3.09. The number of hydrogen-bond donors (Lipinski definition) is 1. The molecule has 0 unspecified atom stereocenters. The van der Waals surface area contributed by atoms with Gasteiger partial charge in [-0.3, -0.25) is 0 Å². The second-order valence-electron chi connectivity index (χ2n) is 4.46. The fourth-order valence-corrected chi connectivity index (χ4v) is 2.04. The molecule has 0 aliphatic heterocycles. The minimum atomic E-state index is 0.661. The molecule has 0 radical (unpaired) electrons. The van der Waals surface area contributed by atoms with E-state index in [0.717, 1.165) is 34.5 Å². The van der Waals surface area contributed by atoms with Gasteiger partial charge in [-0.2, -0.15) is 0 Å². The van der Waals surface area contributed by atoms with Gasteiger partial charge in [0.05, 0.1) is 7.11 Å². The second-order valence-corrected chi connectivity index (χ2v) is 4.46. The van der Waals surface area contributed by atoms with E-state index in [1.54, 1.807) is 7.11 Å². The Kier molecular flexibility index (Phi) is 4.00. The lowest BCUT2D eigenvalue weighted by Crippen LogP contribution is -2.01. The molecule has 4 nitrogen and oxygen atoms in total. The van der Waals surface area contributed by atoms with E-state index < -0.39 is 0 Å². The predicted molar refractivity (Wildman–Crippen MR) is 77.7 cm³/mol. The summed E-state index contributed by atoms with van der Waals surface area (Å²) in [5.41, 5.74) is 4.42. The zero-order valence-electron chi connectivity index (χ0n) is 11.8. The molecule has 4 heteroatoms. The van der Waals surface area contributed by atoms with Crippen molar-refractivity contribution in [3.8, 4) is 16.9 Å². The van der Waals surface area contributed by atoms with Gasteiger partial charge in [0.2, 0.25) is 5.95 Å². The molecule has 0 aliphatic rings. The maximum absolute atomic E-state index is 5.33. The number of hydrogen-bond acceptors (Lipinski definition) is 4. The second kappa shape index (κ2) is 5.69. The quantitative estimate of drug-likeness (QED) is 0.913. The van der Waals surface area contributed by atoms with E-state index in [4.69, 9.17) is 4.74 Å². The highest BCUT2D eigenvalue weighted by Gasteiger charge is 2.08. The Labute approximate surface area is 113 Å². The van der Waals surface area contributed by atoms with E-state index in [1.807, 2.05) is 32.3 Å². The van der Waals surface area contributed by atoms with Crippen LogP contribution in [0.15, 0.2) is 24.5 Å². The Hall–Kier alpha value is -2.10. The van der Waals surface area contributed by atoms with Crippen LogP contribution >= 0.6 is 0 Å². The molecule has 0 atom stereocenters. The SMILES string of the molecule is CCNc1ncc(-c2cc(C)c(OC)cc2C)cn1. The Morgan fingerprint density at radius 3 is 2.37 bits per heavy atom. The third kappa shape index (κ3) is 2.84. The van der Waals surface area contributed by atoms with Gasteiger partial charge in [0.25, 0.3) is 0 Å². The van der Waals surface area contributed by atoms with Gasteiger partial charge >= 0.3 is 0 Å². The fourth-order valence-electron chi connectivity index (χ4n) is 2.04. The molecule has 1 N–H and O–H groups in total. The first-order valence-electron chi connectivity index (χ1n) is 6.37. The van der Waals surface area contributed by atoms with Crippen LogP contribution in [0.3, 0.4) is 0 Å². The molecule has 0 saturated heterocycles. The Bertz CT molecular complexity index is 564. The largest absolute Gasteiger partial charge is 0.496 e. The van der Waals surface area contributed by atoms with Crippen LogP contribution < -0.4 is 10.1 Å². The summed E-state index contributed by atoms with van der Waals surface area (Å²) in [6.45, 7) is 6.94. The van der Waals surface area contributed by atoms with Crippen molar-refractivity contribution >= 4 is 5.95 Å². The molecule has 0 saturated carbocycles. The van der Waals surface area contributed by atoms with Crippen LogP contribution in [0.1, 0.15) is 18.1 Å². The van der Waals surface area contributed by atoms with Crippen LogP contribution in [-0.4, -0.2) is 23.6 Å². The standard InChI is InChI=1S/C15H19N3O/c1-5-16-15-17-8-12(9-18-15)13-6-11(3)14(19-4)7-10(13)2/h6-9H,5H2,1-4H3,(H,16,17,18). The van der Waals surface area contributed by atoms with Crippen LogP contribution in [-0.2, 0) is 0 Å². The van der Waals surface area contributed by atoms with E-state index in [1.165, 1.54) is 0 Å². The number of methoxy groups -OCH3 is 1. The highest BCUT2D eigenvalue weighted by Crippen LogP contribution is 2.29. The summed E-state index contributed by atoms with van der Waals surface area (Å²) in [5.74, 6) is 1.57. The number of benzene rings is 1. The average molecular weight is 257 g/mol. The van der Waals surface area contributed by atoms with E-state index in [2.05, 4.69) is 28.3 Å². The number of rotatable bonds is 4. The van der Waals surface area contributed by atoms with Crippen molar-refractivity contribution < 1.29 is 4.74 Å². The molecule has 1 aromatic carbocycles. The van der Waals surface area contributed by atoms with Crippen LogP contribution in [0.2, 0.25) is 0 Å². The normalized spacial score (nSPS) is 10.3. The molecule has 1 heterocycles. The molecule has 100 valence electrons. The minimum Gasteiger partial charge on any atom is -0.496 e. The van der Waals surface area contributed by atoms with Crippen LogP contribution in [0, 0.1) is 13.8 Å². The maximum atomic E-state index is 5.33. The lowest BCUT2D eigenvalue weighted by Gasteiger charge is -2.11. The van der Waals surface area contributed by atoms with E-state index in [9.17, 15) is 0 Å². The van der Waals surface area contributed by atoms with E-state index in [0.29, 0.717) is 5.95 Å². The molecule has 2 rings (SSSR count). The topological polar surface area (TPSA) is 47.0 Å². The van der Waals surface area contributed by atoms with Gasteiger partial charge in [-0.05, 0) is 49.6 Å². The molecule has 0 spiro atoms. The molecule has 19 heavy (non-hydrogen) atoms. The third-order valence-electron chi connectivity index (χ3n) is 3.04. The minimum absolute atomic E-state index is 0.661. The summed E-state index contributed by atoms with van der Waals surface area (Å²) in [7, 11) is 1.69. The molecule has 0 fully saturated rings. The first-order valence-corrected chi connectivity index (χ1v) is 6.37. The van der Waals surface area contributed by atoms with Crippen molar-refractivity contribution in [2.45, 2.75) is 20.8 Å². The lowest BCUT2D eigenvalue weighted by molar-refractivity contribution is 0.411. The number of nitrogens with zero attached hydrogens (tertiary/aromatic N) is 2. The molecule has 0 bridgehead atoms. The smallest absolute Gasteiger partial charge is 0.222 e. The molecular formula is C15H19N3O. The van der Waals surface area contributed by atoms with Crippen LogP contribution in [0.5, 0.6) is 5.75 Å².